The Morgan fingerprint density at radius 2 is 1.81 bits per heavy atom. The van der Waals surface area contributed by atoms with Crippen molar-refractivity contribution in [2.75, 3.05) is 5.73 Å². The molecule has 1 aromatic carbocycles. The van der Waals surface area contributed by atoms with Crippen LogP contribution in [0.4, 0.5) is 5.69 Å². The third kappa shape index (κ3) is 1.23. The molecule has 0 spiro atoms. The van der Waals surface area contributed by atoms with Gasteiger partial charge in [0.25, 0.3) is 0 Å². The van der Waals surface area contributed by atoms with E-state index in [1.807, 2.05) is 24.3 Å². The third-order valence-corrected chi connectivity index (χ3v) is 3.51. The second kappa shape index (κ2) is 3.34. The van der Waals surface area contributed by atoms with Crippen LogP contribution in [0, 0.1) is 11.8 Å². The molecule has 2 nitrogen and oxygen atoms in total. The first-order valence-electron chi connectivity index (χ1n) is 5.53. The third-order valence-electron chi connectivity index (χ3n) is 3.51. The number of carbonyl (C=O) groups excluding carboxylic acids is 1. The van der Waals surface area contributed by atoms with E-state index in [1.165, 1.54) is 5.57 Å². The average molecular weight is 211 g/mol. The average Bonchev–Trinajstić information content (AvgIpc) is 2.89. The molecule has 2 heteroatoms. The molecule has 2 unspecified atom stereocenters. The lowest BCUT2D eigenvalue weighted by Crippen LogP contribution is -1.99. The molecule has 3 rings (SSSR count). The fourth-order valence-electron chi connectivity index (χ4n) is 2.75. The van der Waals surface area contributed by atoms with Crippen molar-refractivity contribution in [2.24, 2.45) is 11.8 Å². The smallest absolute Gasteiger partial charge is 0.146 e. The van der Waals surface area contributed by atoms with Crippen molar-refractivity contribution in [3.8, 4) is 0 Å². The first kappa shape index (κ1) is 9.40. The molecule has 2 atom stereocenters. The van der Waals surface area contributed by atoms with Gasteiger partial charge < -0.3 is 5.73 Å². The van der Waals surface area contributed by atoms with E-state index in [-0.39, 0.29) is 0 Å². The number of anilines is 1. The topological polar surface area (TPSA) is 43.1 Å². The van der Waals surface area contributed by atoms with Crippen molar-refractivity contribution in [3.05, 3.63) is 47.6 Å². The Labute approximate surface area is 94.5 Å². The fraction of sp³-hybridized carbons (Fsp3) is 0.214. The molecule has 0 aliphatic heterocycles. The second-order valence-corrected chi connectivity index (χ2v) is 4.44. The maximum absolute atomic E-state index is 11.1. The van der Waals surface area contributed by atoms with E-state index >= 15 is 0 Å². The van der Waals surface area contributed by atoms with Crippen molar-refractivity contribution in [1.29, 1.82) is 0 Å². The molecule has 0 saturated carbocycles. The molecule has 0 heterocycles. The van der Waals surface area contributed by atoms with Gasteiger partial charge in [-0.3, -0.25) is 4.79 Å². The van der Waals surface area contributed by atoms with Crippen LogP contribution in [0.1, 0.15) is 12.0 Å². The van der Waals surface area contributed by atoms with E-state index in [9.17, 15) is 4.79 Å². The number of fused-ring (bicyclic) bond motifs is 2. The second-order valence-electron chi connectivity index (χ2n) is 4.44. The van der Waals surface area contributed by atoms with Gasteiger partial charge in [0.15, 0.2) is 0 Å². The van der Waals surface area contributed by atoms with E-state index in [2.05, 4.69) is 12.2 Å². The monoisotopic (exact) mass is 211 g/mol. The van der Waals surface area contributed by atoms with Crippen LogP contribution in [0.15, 0.2) is 42.0 Å². The normalized spacial score (nSPS) is 26.5. The van der Waals surface area contributed by atoms with E-state index in [1.54, 1.807) is 0 Å². The van der Waals surface area contributed by atoms with E-state index in [4.69, 9.17) is 5.73 Å². The summed E-state index contributed by atoms with van der Waals surface area (Å²) in [5.74, 6) is 0.767. The Hall–Kier alpha value is -1.83. The molecule has 16 heavy (non-hydrogen) atoms. The Kier molecular flexibility index (Phi) is 1.96. The zero-order valence-electron chi connectivity index (χ0n) is 8.89. The van der Waals surface area contributed by atoms with Crippen molar-refractivity contribution in [3.63, 3.8) is 0 Å². The number of nitrogens with two attached hydrogens (primary N) is 1. The molecule has 2 N–H and O–H groups in total. The van der Waals surface area contributed by atoms with Crippen LogP contribution in [0.25, 0.3) is 5.57 Å². The number of allylic oxidation sites excluding steroid dienone is 4. The summed E-state index contributed by atoms with van der Waals surface area (Å²) in [5, 5.41) is 0. The number of nitrogen functional groups attached to an aromatic ring is 1. The molecular formula is C14H13NO. The van der Waals surface area contributed by atoms with Gasteiger partial charge in [-0.25, -0.2) is 0 Å². The first-order valence-corrected chi connectivity index (χ1v) is 5.53. The largest absolute Gasteiger partial charge is 0.399 e. The molecule has 2 aliphatic rings. The summed E-state index contributed by atoms with van der Waals surface area (Å²) in [5.41, 5.74) is 9.71. The van der Waals surface area contributed by atoms with Crippen LogP contribution in [0.2, 0.25) is 0 Å². The van der Waals surface area contributed by atoms with Crippen LogP contribution in [-0.4, -0.2) is 6.29 Å². The molecule has 2 aliphatic carbocycles. The predicted molar refractivity (Wildman–Crippen MR) is 64.6 cm³/mol. The Bertz CT molecular complexity index is 496. The predicted octanol–water partition coefficient (Wildman–Crippen LogP) is 2.43. The van der Waals surface area contributed by atoms with Gasteiger partial charge in [-0.05, 0) is 29.7 Å². The summed E-state index contributed by atoms with van der Waals surface area (Å²) >= 11 is 0. The van der Waals surface area contributed by atoms with Crippen LogP contribution in [0.5, 0.6) is 0 Å². The van der Waals surface area contributed by atoms with Crippen molar-refractivity contribution in [2.45, 2.75) is 6.42 Å². The summed E-state index contributed by atoms with van der Waals surface area (Å²) in [7, 11) is 0. The number of carbonyl (C=O) groups is 1. The molecule has 0 radical (unpaired) electrons. The quantitative estimate of drug-likeness (QED) is 0.464. The molecule has 0 amide bonds. The molecule has 0 aromatic heterocycles. The summed E-state index contributed by atoms with van der Waals surface area (Å²) in [4.78, 5) is 11.1. The number of hydrogen-bond acceptors (Lipinski definition) is 2. The minimum Gasteiger partial charge on any atom is -0.399 e. The summed E-state index contributed by atoms with van der Waals surface area (Å²) in [6.45, 7) is 0. The minimum absolute atomic E-state index is 0.343. The SMILES string of the molecule is Nc1ccc(C2=C(C=O)C3C=CC2C3)cc1. The maximum atomic E-state index is 11.1. The number of hydrogen-bond donors (Lipinski definition) is 1. The van der Waals surface area contributed by atoms with E-state index < -0.39 is 0 Å². The van der Waals surface area contributed by atoms with Gasteiger partial charge in [0.1, 0.15) is 6.29 Å². The number of aldehydes is 1. The maximum Gasteiger partial charge on any atom is 0.146 e. The molecule has 1 aromatic rings. The van der Waals surface area contributed by atoms with Crippen molar-refractivity contribution in [1.82, 2.24) is 0 Å². The lowest BCUT2D eigenvalue weighted by molar-refractivity contribution is -0.105. The van der Waals surface area contributed by atoms with Crippen LogP contribution >= 0.6 is 0 Å². The van der Waals surface area contributed by atoms with Crippen LogP contribution < -0.4 is 5.73 Å². The highest BCUT2D eigenvalue weighted by molar-refractivity contribution is 5.93. The van der Waals surface area contributed by atoms with E-state index in [0.29, 0.717) is 11.8 Å². The molecule has 2 bridgehead atoms. The standard InChI is InChI=1S/C14H13NO/c15-12-5-3-9(4-6-12)14-11-2-1-10(7-11)13(14)8-16/h1-6,8,10-11H,7,15H2. The van der Waals surface area contributed by atoms with Gasteiger partial charge >= 0.3 is 0 Å². The highest BCUT2D eigenvalue weighted by Crippen LogP contribution is 2.47. The highest BCUT2D eigenvalue weighted by atomic mass is 16.1. The van der Waals surface area contributed by atoms with Gasteiger partial charge in [-0.15, -0.1) is 0 Å². The zero-order valence-corrected chi connectivity index (χ0v) is 8.89. The highest BCUT2D eigenvalue weighted by Gasteiger charge is 2.35. The van der Waals surface area contributed by atoms with Gasteiger partial charge in [-0.2, -0.15) is 0 Å². The molecule has 80 valence electrons. The molecule has 0 saturated heterocycles. The van der Waals surface area contributed by atoms with E-state index in [0.717, 1.165) is 29.5 Å². The van der Waals surface area contributed by atoms with Crippen LogP contribution in [-0.2, 0) is 4.79 Å². The minimum atomic E-state index is 0.343. The van der Waals surface area contributed by atoms with Gasteiger partial charge in [0.2, 0.25) is 0 Å². The first-order chi connectivity index (χ1) is 7.79. The van der Waals surface area contributed by atoms with Crippen molar-refractivity contribution >= 4 is 17.5 Å². The lowest BCUT2D eigenvalue weighted by Gasteiger charge is -2.12. The van der Waals surface area contributed by atoms with Gasteiger partial charge in [0.05, 0.1) is 0 Å². The fourth-order valence-corrected chi connectivity index (χ4v) is 2.75. The van der Waals surface area contributed by atoms with Crippen LogP contribution in [0.3, 0.4) is 0 Å². The Morgan fingerprint density at radius 1 is 1.12 bits per heavy atom. The summed E-state index contributed by atoms with van der Waals surface area (Å²) < 4.78 is 0. The van der Waals surface area contributed by atoms with Crippen molar-refractivity contribution < 1.29 is 4.79 Å². The lowest BCUT2D eigenvalue weighted by atomic mass is 9.91. The Morgan fingerprint density at radius 3 is 2.50 bits per heavy atom. The summed E-state index contributed by atoms with van der Waals surface area (Å²) in [6, 6.07) is 7.78. The van der Waals surface area contributed by atoms with Gasteiger partial charge in [-0.1, -0.05) is 24.3 Å². The Balaban J connectivity index is 2.09. The summed E-state index contributed by atoms with van der Waals surface area (Å²) in [6.07, 6.45) is 6.44. The number of rotatable bonds is 2. The number of benzene rings is 1. The zero-order chi connectivity index (χ0) is 11.1. The molecule has 0 fully saturated rings. The van der Waals surface area contributed by atoms with Gasteiger partial charge in [0, 0.05) is 23.1 Å². The molecular weight excluding hydrogens is 198 g/mol.